The number of benzene rings is 2. The van der Waals surface area contributed by atoms with E-state index in [1.54, 1.807) is 19.1 Å². The van der Waals surface area contributed by atoms with Crippen LogP contribution in [0.5, 0.6) is 0 Å². The van der Waals surface area contributed by atoms with Crippen LogP contribution in [0.3, 0.4) is 0 Å². The normalized spacial score (nSPS) is 28.6. The minimum Gasteiger partial charge on any atom is -0.368 e. The molecule has 0 radical (unpaired) electrons. The molecular weight excluding hydrogens is 477 g/mol. The van der Waals surface area contributed by atoms with Crippen molar-refractivity contribution in [1.29, 1.82) is 10.5 Å². The van der Waals surface area contributed by atoms with Crippen LogP contribution in [0.2, 0.25) is 0 Å². The molecular formula is C32H38FN3O2. The quantitative estimate of drug-likeness (QED) is 0.444. The van der Waals surface area contributed by atoms with Gasteiger partial charge in [-0.15, -0.1) is 0 Å². The maximum Gasteiger partial charge on any atom is 0.152 e. The summed E-state index contributed by atoms with van der Waals surface area (Å²) in [5.74, 6) is 0.988. The van der Waals surface area contributed by atoms with E-state index in [-0.39, 0.29) is 23.8 Å². The summed E-state index contributed by atoms with van der Waals surface area (Å²) in [6.07, 6.45) is 5.67. The van der Waals surface area contributed by atoms with Crippen LogP contribution in [-0.4, -0.2) is 42.0 Å². The second kappa shape index (κ2) is 11.5. The SMILES string of the molecule is CC(O)O[C@H]1CCC[C@@H]1C(C#N)(c1cccc(F)c1)C1CCN(CC2CC(c3ccc(C#N)cc3)C2)CC1. The summed E-state index contributed by atoms with van der Waals surface area (Å²) in [6.45, 7) is 4.58. The van der Waals surface area contributed by atoms with Gasteiger partial charge in [0, 0.05) is 12.5 Å². The minimum atomic E-state index is -0.887. The van der Waals surface area contributed by atoms with Crippen LogP contribution in [0.1, 0.15) is 74.5 Å². The Morgan fingerprint density at radius 2 is 1.82 bits per heavy atom. The van der Waals surface area contributed by atoms with Crippen LogP contribution in [0.25, 0.3) is 0 Å². The Kier molecular flexibility index (Phi) is 8.15. The van der Waals surface area contributed by atoms with Crippen LogP contribution < -0.4 is 0 Å². The number of rotatable bonds is 8. The smallest absolute Gasteiger partial charge is 0.152 e. The molecule has 0 spiro atoms. The molecule has 38 heavy (non-hydrogen) atoms. The highest BCUT2D eigenvalue weighted by Gasteiger charge is 2.53. The summed E-state index contributed by atoms with van der Waals surface area (Å²) in [5, 5.41) is 29.8. The van der Waals surface area contributed by atoms with Gasteiger partial charge in [0.1, 0.15) is 5.82 Å². The molecule has 200 valence electrons. The Hall–Kier alpha value is -2.77. The highest BCUT2D eigenvalue weighted by atomic mass is 19.1. The van der Waals surface area contributed by atoms with Gasteiger partial charge in [-0.2, -0.15) is 10.5 Å². The van der Waals surface area contributed by atoms with Crippen molar-refractivity contribution in [2.24, 2.45) is 17.8 Å². The van der Waals surface area contributed by atoms with Crippen LogP contribution in [0.15, 0.2) is 48.5 Å². The molecule has 2 aliphatic carbocycles. The van der Waals surface area contributed by atoms with E-state index in [0.717, 1.165) is 57.3 Å². The average Bonchev–Trinajstić information content (AvgIpc) is 3.35. The van der Waals surface area contributed by atoms with Crippen LogP contribution in [0, 0.1) is 46.2 Å². The van der Waals surface area contributed by atoms with Crippen molar-refractivity contribution in [3.05, 3.63) is 71.0 Å². The minimum absolute atomic E-state index is 0.0692. The van der Waals surface area contributed by atoms with Gasteiger partial charge >= 0.3 is 0 Å². The molecule has 3 fully saturated rings. The van der Waals surface area contributed by atoms with Crippen molar-refractivity contribution < 1.29 is 14.2 Å². The second-order valence-electron chi connectivity index (χ2n) is 11.6. The fourth-order valence-electron chi connectivity index (χ4n) is 7.52. The predicted molar refractivity (Wildman–Crippen MR) is 143 cm³/mol. The first-order valence-corrected chi connectivity index (χ1v) is 14.2. The molecule has 1 saturated heterocycles. The summed E-state index contributed by atoms with van der Waals surface area (Å²) in [7, 11) is 0. The van der Waals surface area contributed by atoms with E-state index in [4.69, 9.17) is 10.00 Å². The zero-order valence-corrected chi connectivity index (χ0v) is 22.2. The first kappa shape index (κ1) is 26.8. The lowest BCUT2D eigenvalue weighted by atomic mass is 9.59. The fourth-order valence-corrected chi connectivity index (χ4v) is 7.52. The molecule has 2 aromatic rings. The number of piperidine rings is 1. The van der Waals surface area contributed by atoms with Crippen molar-refractivity contribution in [3.8, 4) is 12.1 Å². The van der Waals surface area contributed by atoms with Gasteiger partial charge in [-0.1, -0.05) is 30.7 Å². The van der Waals surface area contributed by atoms with E-state index < -0.39 is 11.7 Å². The molecule has 2 saturated carbocycles. The molecule has 4 atom stereocenters. The molecule has 5 rings (SSSR count). The van der Waals surface area contributed by atoms with Gasteiger partial charge in [0.25, 0.3) is 0 Å². The Bertz CT molecular complexity index is 1170. The number of ether oxygens (including phenoxy) is 1. The molecule has 2 unspecified atom stereocenters. The summed E-state index contributed by atoms with van der Waals surface area (Å²) in [5.41, 5.74) is 1.97. The Balaban J connectivity index is 1.25. The fraction of sp³-hybridized carbons (Fsp3) is 0.562. The molecule has 0 bridgehead atoms. The molecule has 1 aliphatic heterocycles. The van der Waals surface area contributed by atoms with Crippen molar-refractivity contribution in [2.45, 2.75) is 75.6 Å². The molecule has 3 aliphatic rings. The third-order valence-corrected chi connectivity index (χ3v) is 9.39. The Morgan fingerprint density at radius 1 is 1.08 bits per heavy atom. The van der Waals surface area contributed by atoms with Crippen LogP contribution >= 0.6 is 0 Å². The van der Waals surface area contributed by atoms with Gasteiger partial charge in [0.2, 0.25) is 0 Å². The van der Waals surface area contributed by atoms with Gasteiger partial charge in [0.15, 0.2) is 6.29 Å². The number of likely N-dealkylation sites (tertiary alicyclic amines) is 1. The Morgan fingerprint density at radius 3 is 2.45 bits per heavy atom. The first-order chi connectivity index (χ1) is 18.4. The molecule has 2 aromatic carbocycles. The summed E-state index contributed by atoms with van der Waals surface area (Å²) >= 11 is 0. The molecule has 1 heterocycles. The largest absolute Gasteiger partial charge is 0.368 e. The van der Waals surface area contributed by atoms with Gasteiger partial charge in [-0.25, -0.2) is 4.39 Å². The maximum absolute atomic E-state index is 14.4. The zero-order valence-electron chi connectivity index (χ0n) is 22.2. The summed E-state index contributed by atoms with van der Waals surface area (Å²) in [6, 6.07) is 19.5. The lowest BCUT2D eigenvalue weighted by Gasteiger charge is -2.47. The Labute approximate surface area is 225 Å². The standard InChI is InChI=1S/C32H38FN3O2/c1-22(37)38-31-7-3-6-30(31)32(21-35,28-4-2-5-29(33)18-28)27-12-14-36(15-13-27)20-24-16-26(17-24)25-10-8-23(19-34)9-11-25/h2,4-5,8-11,18,22,24,26-27,30-31,37H,3,6-7,12-17,20H2,1H3/t22?,24?,26?,30-,31-,32?/m0/s1. The lowest BCUT2D eigenvalue weighted by Crippen LogP contribution is -2.50. The number of nitrogens with zero attached hydrogens (tertiary/aromatic N) is 3. The zero-order chi connectivity index (χ0) is 26.7. The number of aliphatic hydroxyl groups excluding tert-OH is 1. The maximum atomic E-state index is 14.4. The van der Waals surface area contributed by atoms with Crippen molar-refractivity contribution in [3.63, 3.8) is 0 Å². The van der Waals surface area contributed by atoms with Gasteiger partial charge < -0.3 is 14.7 Å². The van der Waals surface area contributed by atoms with E-state index >= 15 is 0 Å². The number of nitriles is 2. The average molecular weight is 516 g/mol. The second-order valence-corrected chi connectivity index (χ2v) is 11.6. The number of hydrogen-bond acceptors (Lipinski definition) is 5. The summed E-state index contributed by atoms with van der Waals surface area (Å²) < 4.78 is 20.3. The number of halogens is 1. The highest BCUT2D eigenvalue weighted by Crippen LogP contribution is 2.51. The lowest BCUT2D eigenvalue weighted by molar-refractivity contribution is -0.142. The van der Waals surface area contributed by atoms with Gasteiger partial charge in [-0.05, 0) is 112 Å². The predicted octanol–water partition coefficient (Wildman–Crippen LogP) is 5.89. The highest BCUT2D eigenvalue weighted by molar-refractivity contribution is 5.37. The van der Waals surface area contributed by atoms with Crippen LogP contribution in [0.4, 0.5) is 4.39 Å². The van der Waals surface area contributed by atoms with E-state index in [2.05, 4.69) is 29.2 Å². The third-order valence-electron chi connectivity index (χ3n) is 9.39. The molecule has 5 nitrogen and oxygen atoms in total. The van der Waals surface area contributed by atoms with Crippen molar-refractivity contribution in [1.82, 2.24) is 4.90 Å². The van der Waals surface area contributed by atoms with Gasteiger partial charge in [-0.3, -0.25) is 0 Å². The van der Waals surface area contributed by atoms with E-state index in [1.807, 2.05) is 18.2 Å². The third kappa shape index (κ3) is 5.36. The first-order valence-electron chi connectivity index (χ1n) is 14.2. The van der Waals surface area contributed by atoms with Crippen LogP contribution in [-0.2, 0) is 10.2 Å². The molecule has 0 amide bonds. The van der Waals surface area contributed by atoms with E-state index in [1.165, 1.54) is 24.5 Å². The van der Waals surface area contributed by atoms with Crippen molar-refractivity contribution in [2.75, 3.05) is 19.6 Å². The number of hydrogen-bond donors (Lipinski definition) is 1. The summed E-state index contributed by atoms with van der Waals surface area (Å²) in [4.78, 5) is 2.54. The molecule has 6 heteroatoms. The molecule has 0 aromatic heterocycles. The molecule has 1 N–H and O–H groups in total. The monoisotopic (exact) mass is 515 g/mol. The van der Waals surface area contributed by atoms with Crippen molar-refractivity contribution >= 4 is 0 Å². The van der Waals surface area contributed by atoms with Gasteiger partial charge in [0.05, 0.1) is 29.2 Å². The van der Waals surface area contributed by atoms with E-state index in [0.29, 0.717) is 17.4 Å². The van der Waals surface area contributed by atoms with E-state index in [9.17, 15) is 14.8 Å². The topological polar surface area (TPSA) is 80.3 Å². The number of aliphatic hydroxyl groups is 1.